The molecule has 1 aliphatic heterocycles. The number of carbonyl (C=O) groups excluding carboxylic acids is 1. The van der Waals surface area contributed by atoms with Gasteiger partial charge in [-0.1, -0.05) is 20.3 Å². The molecule has 110 valence electrons. The maximum absolute atomic E-state index is 12.5. The Hall–Kier alpha value is -0.870. The van der Waals surface area contributed by atoms with Gasteiger partial charge in [0, 0.05) is 4.88 Å². The fraction of sp³-hybridized carbons (Fsp3) is 0.688. The van der Waals surface area contributed by atoms with Gasteiger partial charge < -0.3 is 10.0 Å². The molecule has 3 nitrogen and oxygen atoms in total. The van der Waals surface area contributed by atoms with Crippen LogP contribution >= 0.6 is 11.3 Å². The summed E-state index contributed by atoms with van der Waals surface area (Å²) in [5.74, 6) is 0.550. The van der Waals surface area contributed by atoms with E-state index in [-0.39, 0.29) is 5.91 Å². The summed E-state index contributed by atoms with van der Waals surface area (Å²) in [6.45, 7) is 5.37. The lowest BCUT2D eigenvalue weighted by molar-refractivity contribution is -0.0956. The monoisotopic (exact) mass is 293 g/mol. The Bertz CT molecular complexity index is 513. The SMILES string of the molecule is CCCc1sc(C(=O)N2CC(O)(C3CC3)C2)cc1CC. The molecule has 1 amide bonds. The molecule has 0 unspecified atom stereocenters. The molecular formula is C16H23NO2S. The molecular weight excluding hydrogens is 270 g/mol. The molecule has 2 heterocycles. The standard InChI is InChI=1S/C16H23NO2S/c1-3-5-13-11(4-2)8-14(20-13)15(18)17-9-16(19,10-17)12-6-7-12/h8,12,19H,3-7,9-10H2,1-2H3. The van der Waals surface area contributed by atoms with Crippen molar-refractivity contribution in [1.82, 2.24) is 4.90 Å². The maximum atomic E-state index is 12.5. The molecule has 4 heteroatoms. The molecule has 1 N–H and O–H groups in total. The van der Waals surface area contributed by atoms with E-state index in [0.717, 1.165) is 37.0 Å². The largest absolute Gasteiger partial charge is 0.386 e. The summed E-state index contributed by atoms with van der Waals surface area (Å²) < 4.78 is 0. The van der Waals surface area contributed by atoms with Crippen LogP contribution in [0.15, 0.2) is 6.07 Å². The van der Waals surface area contributed by atoms with E-state index in [1.165, 1.54) is 10.4 Å². The van der Waals surface area contributed by atoms with E-state index < -0.39 is 5.60 Å². The van der Waals surface area contributed by atoms with E-state index in [9.17, 15) is 9.90 Å². The first kappa shape index (κ1) is 14.1. The van der Waals surface area contributed by atoms with E-state index in [1.807, 2.05) is 0 Å². The summed E-state index contributed by atoms with van der Waals surface area (Å²) in [7, 11) is 0. The third-order valence-corrected chi connectivity index (χ3v) is 5.74. The van der Waals surface area contributed by atoms with Gasteiger partial charge >= 0.3 is 0 Å². The number of likely N-dealkylation sites (tertiary alicyclic amines) is 1. The number of rotatable bonds is 5. The highest BCUT2D eigenvalue weighted by molar-refractivity contribution is 7.14. The van der Waals surface area contributed by atoms with Crippen molar-refractivity contribution in [2.75, 3.05) is 13.1 Å². The molecule has 0 radical (unpaired) electrons. The van der Waals surface area contributed by atoms with Crippen LogP contribution in [0.2, 0.25) is 0 Å². The van der Waals surface area contributed by atoms with Crippen LogP contribution in [0.1, 0.15) is 53.2 Å². The van der Waals surface area contributed by atoms with E-state index in [4.69, 9.17) is 0 Å². The predicted molar refractivity (Wildman–Crippen MR) is 81.3 cm³/mol. The molecule has 0 atom stereocenters. The summed E-state index contributed by atoms with van der Waals surface area (Å²) in [6, 6.07) is 2.06. The third-order valence-electron chi connectivity index (χ3n) is 4.52. The van der Waals surface area contributed by atoms with E-state index in [2.05, 4.69) is 19.9 Å². The molecule has 1 saturated carbocycles. The average molecular weight is 293 g/mol. The van der Waals surface area contributed by atoms with Crippen molar-refractivity contribution in [3.8, 4) is 0 Å². The summed E-state index contributed by atoms with van der Waals surface area (Å²) in [6.07, 6.45) is 5.42. The highest BCUT2D eigenvalue weighted by Gasteiger charge is 2.53. The Morgan fingerprint density at radius 1 is 1.45 bits per heavy atom. The summed E-state index contributed by atoms with van der Waals surface area (Å²) in [5, 5.41) is 10.3. The van der Waals surface area contributed by atoms with Gasteiger partial charge in [0.2, 0.25) is 0 Å². The lowest BCUT2D eigenvalue weighted by atomic mass is 9.88. The highest BCUT2D eigenvalue weighted by atomic mass is 32.1. The van der Waals surface area contributed by atoms with Gasteiger partial charge in [0.1, 0.15) is 5.60 Å². The van der Waals surface area contributed by atoms with E-state index >= 15 is 0 Å². The van der Waals surface area contributed by atoms with Crippen molar-refractivity contribution in [2.45, 2.75) is 51.6 Å². The molecule has 2 fully saturated rings. The first-order valence-electron chi connectivity index (χ1n) is 7.70. The molecule has 1 aliphatic carbocycles. The smallest absolute Gasteiger partial charge is 0.264 e. The van der Waals surface area contributed by atoms with Crippen molar-refractivity contribution in [1.29, 1.82) is 0 Å². The number of thiophene rings is 1. The molecule has 3 rings (SSSR count). The zero-order chi connectivity index (χ0) is 14.3. The number of β-amino-alcohol motifs (C(OH)–C–C–N with tert-alkyl or cyclic N) is 1. The molecule has 0 aromatic carbocycles. The number of aliphatic hydroxyl groups is 1. The Morgan fingerprint density at radius 3 is 2.70 bits per heavy atom. The summed E-state index contributed by atoms with van der Waals surface area (Å²) in [5.41, 5.74) is 0.741. The van der Waals surface area contributed by atoms with E-state index in [0.29, 0.717) is 19.0 Å². The number of aryl methyl sites for hydroxylation is 2. The van der Waals surface area contributed by atoms with Gasteiger partial charge in [0.05, 0.1) is 18.0 Å². The first-order chi connectivity index (χ1) is 9.57. The van der Waals surface area contributed by atoms with Crippen LogP contribution in [0.25, 0.3) is 0 Å². The molecule has 1 aromatic heterocycles. The van der Waals surface area contributed by atoms with Gasteiger partial charge in [-0.2, -0.15) is 0 Å². The zero-order valence-corrected chi connectivity index (χ0v) is 13.1. The second kappa shape index (κ2) is 5.15. The van der Waals surface area contributed by atoms with Gasteiger partial charge in [0.25, 0.3) is 5.91 Å². The van der Waals surface area contributed by atoms with Gasteiger partial charge in [0.15, 0.2) is 0 Å². The lowest BCUT2D eigenvalue weighted by Crippen LogP contribution is -2.64. The Balaban J connectivity index is 1.68. The van der Waals surface area contributed by atoms with Crippen LogP contribution in [0.3, 0.4) is 0 Å². The summed E-state index contributed by atoms with van der Waals surface area (Å²) >= 11 is 1.65. The summed E-state index contributed by atoms with van der Waals surface area (Å²) in [4.78, 5) is 16.5. The number of hydrogen-bond donors (Lipinski definition) is 1. The fourth-order valence-corrected chi connectivity index (χ4v) is 4.43. The quantitative estimate of drug-likeness (QED) is 0.907. The van der Waals surface area contributed by atoms with Gasteiger partial charge in [-0.25, -0.2) is 0 Å². The number of carbonyl (C=O) groups is 1. The van der Waals surface area contributed by atoms with Gasteiger partial charge in [-0.05, 0) is 43.2 Å². The maximum Gasteiger partial charge on any atom is 0.264 e. The zero-order valence-electron chi connectivity index (χ0n) is 12.3. The van der Waals surface area contributed by atoms with Crippen LogP contribution < -0.4 is 0 Å². The van der Waals surface area contributed by atoms with Crippen molar-refractivity contribution >= 4 is 17.2 Å². The Morgan fingerprint density at radius 2 is 2.15 bits per heavy atom. The van der Waals surface area contributed by atoms with E-state index in [1.54, 1.807) is 16.2 Å². The van der Waals surface area contributed by atoms with Crippen LogP contribution in [-0.2, 0) is 12.8 Å². The number of nitrogens with zero attached hydrogens (tertiary/aromatic N) is 1. The fourth-order valence-electron chi connectivity index (χ4n) is 3.10. The van der Waals surface area contributed by atoms with Crippen molar-refractivity contribution in [3.05, 3.63) is 21.4 Å². The minimum Gasteiger partial charge on any atom is -0.386 e. The topological polar surface area (TPSA) is 40.5 Å². The van der Waals surface area contributed by atoms with Crippen LogP contribution in [0.4, 0.5) is 0 Å². The average Bonchev–Trinajstić information content (AvgIpc) is 3.17. The second-order valence-electron chi connectivity index (χ2n) is 6.20. The predicted octanol–water partition coefficient (Wildman–Crippen LogP) is 2.86. The van der Waals surface area contributed by atoms with Crippen LogP contribution in [-0.4, -0.2) is 34.6 Å². The van der Waals surface area contributed by atoms with Gasteiger partial charge in [-0.15, -0.1) is 11.3 Å². The van der Waals surface area contributed by atoms with Gasteiger partial charge in [-0.3, -0.25) is 4.79 Å². The Kier molecular flexibility index (Phi) is 3.63. The van der Waals surface area contributed by atoms with Crippen molar-refractivity contribution in [2.24, 2.45) is 5.92 Å². The highest BCUT2D eigenvalue weighted by Crippen LogP contribution is 2.45. The minimum absolute atomic E-state index is 0.109. The molecule has 1 aromatic rings. The number of amides is 1. The molecule has 0 spiro atoms. The molecule has 0 bridgehead atoms. The minimum atomic E-state index is -0.577. The normalized spacial score (nSPS) is 20.9. The third kappa shape index (κ3) is 2.40. The second-order valence-corrected chi connectivity index (χ2v) is 7.34. The molecule has 20 heavy (non-hydrogen) atoms. The Labute approximate surface area is 124 Å². The van der Waals surface area contributed by atoms with Crippen LogP contribution in [0, 0.1) is 5.92 Å². The van der Waals surface area contributed by atoms with Crippen LogP contribution in [0.5, 0.6) is 0 Å². The number of hydrogen-bond acceptors (Lipinski definition) is 3. The van der Waals surface area contributed by atoms with Crippen molar-refractivity contribution < 1.29 is 9.90 Å². The first-order valence-corrected chi connectivity index (χ1v) is 8.52. The molecule has 2 aliphatic rings. The van der Waals surface area contributed by atoms with Crippen molar-refractivity contribution in [3.63, 3.8) is 0 Å². The molecule has 1 saturated heterocycles. The lowest BCUT2D eigenvalue weighted by Gasteiger charge is -2.46.